The Morgan fingerprint density at radius 1 is 1.29 bits per heavy atom. The predicted octanol–water partition coefficient (Wildman–Crippen LogP) is 4.17. The van der Waals surface area contributed by atoms with Crippen LogP contribution in [-0.4, -0.2) is 15.0 Å². The minimum absolute atomic E-state index is 0.0230. The van der Waals surface area contributed by atoms with Crippen molar-refractivity contribution < 1.29 is 13.2 Å². The summed E-state index contributed by atoms with van der Waals surface area (Å²) < 4.78 is 29.1. The molecular formula is C10H11Br2ClO3S. The van der Waals surface area contributed by atoms with Gasteiger partial charge in [0.2, 0.25) is 0 Å². The first-order valence-electron chi connectivity index (χ1n) is 4.78. The van der Waals surface area contributed by atoms with Crippen molar-refractivity contribution >= 4 is 51.6 Å². The van der Waals surface area contributed by atoms with Gasteiger partial charge in [0.05, 0.1) is 20.4 Å². The highest BCUT2D eigenvalue weighted by atomic mass is 79.9. The Hall–Kier alpha value is 0.220. The first-order chi connectivity index (χ1) is 7.71. The maximum Gasteiger partial charge on any atom is 0.261 e. The second kappa shape index (κ2) is 5.91. The number of hydrogen-bond acceptors (Lipinski definition) is 3. The highest BCUT2D eigenvalue weighted by Gasteiger charge is 2.16. The van der Waals surface area contributed by atoms with Crippen LogP contribution in [0, 0.1) is 5.92 Å². The van der Waals surface area contributed by atoms with Gasteiger partial charge in [-0.15, -0.1) is 0 Å². The lowest BCUT2D eigenvalue weighted by Gasteiger charge is -2.13. The SMILES string of the molecule is CC(C)COc1c(Br)cc(S(=O)(=O)Cl)cc1Br. The molecule has 0 heterocycles. The number of hydrogen-bond donors (Lipinski definition) is 0. The number of ether oxygens (including phenoxy) is 1. The average Bonchev–Trinajstić information content (AvgIpc) is 2.14. The predicted molar refractivity (Wildman–Crippen MR) is 75.2 cm³/mol. The minimum Gasteiger partial charge on any atom is -0.491 e. The zero-order chi connectivity index (χ0) is 13.2. The minimum atomic E-state index is -3.74. The molecule has 0 aliphatic rings. The molecule has 96 valence electrons. The molecule has 0 saturated carbocycles. The summed E-state index contributed by atoms with van der Waals surface area (Å²) in [6.07, 6.45) is 0. The topological polar surface area (TPSA) is 43.4 Å². The number of benzene rings is 1. The van der Waals surface area contributed by atoms with Gasteiger partial charge in [-0.1, -0.05) is 13.8 Å². The summed E-state index contributed by atoms with van der Waals surface area (Å²) in [7, 11) is 1.53. The van der Waals surface area contributed by atoms with Crippen molar-refractivity contribution in [1.82, 2.24) is 0 Å². The second-order valence-corrected chi connectivity index (χ2v) is 8.13. The summed E-state index contributed by atoms with van der Waals surface area (Å²) in [4.78, 5) is 0.0230. The molecule has 0 bridgehead atoms. The van der Waals surface area contributed by atoms with E-state index in [9.17, 15) is 8.42 Å². The molecule has 0 unspecified atom stereocenters. The van der Waals surface area contributed by atoms with E-state index >= 15 is 0 Å². The van der Waals surface area contributed by atoms with Crippen LogP contribution in [0.4, 0.5) is 0 Å². The van der Waals surface area contributed by atoms with Crippen LogP contribution in [0.2, 0.25) is 0 Å². The van der Waals surface area contributed by atoms with Crippen molar-refractivity contribution in [3.63, 3.8) is 0 Å². The summed E-state index contributed by atoms with van der Waals surface area (Å²) in [5, 5.41) is 0. The molecule has 0 aliphatic heterocycles. The Balaban J connectivity index is 3.11. The molecule has 1 rings (SSSR count). The second-order valence-electron chi connectivity index (χ2n) is 3.86. The van der Waals surface area contributed by atoms with Crippen molar-refractivity contribution in [2.75, 3.05) is 6.61 Å². The molecular weight excluding hydrogens is 395 g/mol. The molecule has 0 aliphatic carbocycles. The third-order valence-electron chi connectivity index (χ3n) is 1.81. The maximum absolute atomic E-state index is 11.2. The van der Waals surface area contributed by atoms with E-state index in [2.05, 4.69) is 31.9 Å². The Morgan fingerprint density at radius 2 is 1.76 bits per heavy atom. The van der Waals surface area contributed by atoms with Crippen LogP contribution < -0.4 is 4.74 Å². The zero-order valence-corrected chi connectivity index (χ0v) is 14.0. The summed E-state index contributed by atoms with van der Waals surface area (Å²) >= 11 is 6.52. The van der Waals surface area contributed by atoms with Gasteiger partial charge in [-0.05, 0) is 49.9 Å². The van der Waals surface area contributed by atoms with Crippen molar-refractivity contribution in [2.45, 2.75) is 18.7 Å². The normalized spacial score (nSPS) is 11.9. The van der Waals surface area contributed by atoms with E-state index in [-0.39, 0.29) is 4.90 Å². The molecule has 0 amide bonds. The van der Waals surface area contributed by atoms with Crippen molar-refractivity contribution in [2.24, 2.45) is 5.92 Å². The van der Waals surface area contributed by atoms with E-state index in [1.165, 1.54) is 12.1 Å². The highest BCUT2D eigenvalue weighted by molar-refractivity contribution is 9.11. The Bertz CT molecular complexity index is 491. The van der Waals surface area contributed by atoms with Crippen LogP contribution in [0.15, 0.2) is 26.0 Å². The van der Waals surface area contributed by atoms with Gasteiger partial charge in [-0.25, -0.2) is 8.42 Å². The molecule has 0 fully saturated rings. The molecule has 0 atom stereocenters. The average molecular weight is 407 g/mol. The molecule has 0 radical (unpaired) electrons. The largest absolute Gasteiger partial charge is 0.491 e. The van der Waals surface area contributed by atoms with Crippen LogP contribution in [0.25, 0.3) is 0 Å². The molecule has 0 saturated heterocycles. The molecule has 0 spiro atoms. The van der Waals surface area contributed by atoms with Crippen molar-refractivity contribution in [1.29, 1.82) is 0 Å². The van der Waals surface area contributed by atoms with Gasteiger partial charge in [-0.2, -0.15) is 0 Å². The van der Waals surface area contributed by atoms with Gasteiger partial charge < -0.3 is 4.74 Å². The zero-order valence-electron chi connectivity index (χ0n) is 9.21. The smallest absolute Gasteiger partial charge is 0.261 e. The van der Waals surface area contributed by atoms with Gasteiger partial charge in [0, 0.05) is 10.7 Å². The number of halogens is 3. The quantitative estimate of drug-likeness (QED) is 0.705. The standard InChI is InChI=1S/C10H11Br2ClO3S/c1-6(2)5-16-10-8(11)3-7(4-9(10)12)17(13,14)15/h3-4,6H,5H2,1-2H3. The fourth-order valence-corrected chi connectivity index (χ4v) is 3.57. The molecule has 1 aromatic carbocycles. The van der Waals surface area contributed by atoms with E-state index in [4.69, 9.17) is 15.4 Å². The lowest BCUT2D eigenvalue weighted by Crippen LogP contribution is -2.05. The van der Waals surface area contributed by atoms with Crippen LogP contribution in [0.3, 0.4) is 0 Å². The van der Waals surface area contributed by atoms with Gasteiger partial charge in [-0.3, -0.25) is 0 Å². The van der Waals surface area contributed by atoms with Gasteiger partial charge >= 0.3 is 0 Å². The third-order valence-corrected chi connectivity index (χ3v) is 4.33. The highest BCUT2D eigenvalue weighted by Crippen LogP contribution is 2.37. The molecule has 7 heteroatoms. The fourth-order valence-electron chi connectivity index (χ4n) is 1.07. The van der Waals surface area contributed by atoms with E-state index in [1.54, 1.807) is 0 Å². The monoisotopic (exact) mass is 404 g/mol. The van der Waals surface area contributed by atoms with Crippen LogP contribution in [0.5, 0.6) is 5.75 Å². The van der Waals surface area contributed by atoms with E-state index in [0.29, 0.717) is 27.2 Å². The lowest BCUT2D eigenvalue weighted by atomic mass is 10.2. The van der Waals surface area contributed by atoms with Crippen LogP contribution >= 0.6 is 42.5 Å². The Labute approximate surface area is 122 Å². The molecule has 3 nitrogen and oxygen atoms in total. The van der Waals surface area contributed by atoms with Crippen LogP contribution in [-0.2, 0) is 9.05 Å². The fraction of sp³-hybridized carbons (Fsp3) is 0.400. The molecule has 17 heavy (non-hydrogen) atoms. The lowest BCUT2D eigenvalue weighted by molar-refractivity contribution is 0.268. The van der Waals surface area contributed by atoms with Crippen LogP contribution in [0.1, 0.15) is 13.8 Å². The number of rotatable bonds is 4. The molecule has 0 N–H and O–H groups in total. The Morgan fingerprint density at radius 3 is 2.12 bits per heavy atom. The first-order valence-corrected chi connectivity index (χ1v) is 8.68. The summed E-state index contributed by atoms with van der Waals surface area (Å²) in [5.74, 6) is 0.952. The van der Waals surface area contributed by atoms with Gasteiger partial charge in [0.1, 0.15) is 5.75 Å². The molecule has 0 aromatic heterocycles. The van der Waals surface area contributed by atoms with Crippen molar-refractivity contribution in [3.8, 4) is 5.75 Å². The maximum atomic E-state index is 11.2. The summed E-state index contributed by atoms with van der Waals surface area (Å²) in [6, 6.07) is 2.84. The van der Waals surface area contributed by atoms with Gasteiger partial charge in [0.25, 0.3) is 9.05 Å². The third kappa shape index (κ3) is 4.43. The molecule has 1 aromatic rings. The van der Waals surface area contributed by atoms with Gasteiger partial charge in [0.15, 0.2) is 0 Å². The van der Waals surface area contributed by atoms with E-state index in [1.807, 2.05) is 13.8 Å². The summed E-state index contributed by atoms with van der Waals surface area (Å²) in [5.41, 5.74) is 0. The first kappa shape index (κ1) is 15.3. The summed E-state index contributed by atoms with van der Waals surface area (Å²) in [6.45, 7) is 4.60. The Kier molecular flexibility index (Phi) is 5.31. The van der Waals surface area contributed by atoms with Crippen molar-refractivity contribution in [3.05, 3.63) is 21.1 Å². The van der Waals surface area contributed by atoms with E-state index < -0.39 is 9.05 Å². The van der Waals surface area contributed by atoms with E-state index in [0.717, 1.165) is 0 Å².